The van der Waals surface area contributed by atoms with Gasteiger partial charge in [-0.2, -0.15) is 0 Å². The highest BCUT2D eigenvalue weighted by Crippen LogP contribution is 2.38. The van der Waals surface area contributed by atoms with Gasteiger partial charge in [-0.15, -0.1) is 0 Å². The predicted octanol–water partition coefficient (Wildman–Crippen LogP) is 15.4. The lowest BCUT2D eigenvalue weighted by molar-refractivity contribution is -0.870. The number of unbranched alkanes of at least 4 members (excludes halogenated alkanes) is 12. The molecule has 0 rings (SSSR count). The molecule has 2 unspecified atom stereocenters. The Hall–Kier alpha value is -3.59. The van der Waals surface area contributed by atoms with Crippen LogP contribution in [-0.4, -0.2) is 70.0 Å². The molecule has 0 radical (unpaired) electrons. The van der Waals surface area contributed by atoms with Crippen molar-refractivity contribution in [3.63, 3.8) is 0 Å². The first-order valence-electron chi connectivity index (χ1n) is 26.2. The van der Waals surface area contributed by atoms with Crippen LogP contribution in [0.3, 0.4) is 0 Å². The molecule has 0 aliphatic rings. The minimum atomic E-state index is -4.65. The van der Waals surface area contributed by atoms with E-state index in [1.807, 2.05) is 21.1 Å². The van der Waals surface area contributed by atoms with Gasteiger partial charge in [0.1, 0.15) is 19.8 Å². The van der Waals surface area contributed by atoms with Gasteiger partial charge in [0.2, 0.25) is 0 Å². The summed E-state index contributed by atoms with van der Waals surface area (Å²) in [7, 11) is 1.12. The molecule has 0 heterocycles. The highest BCUT2D eigenvalue weighted by Gasteiger charge is 2.21. The van der Waals surface area contributed by atoms with Gasteiger partial charge in [-0.05, 0) is 103 Å². The zero-order valence-corrected chi connectivity index (χ0v) is 44.4. The number of carbonyl (C=O) groups is 2. The van der Waals surface area contributed by atoms with Crippen LogP contribution in [0.5, 0.6) is 0 Å². The molecular weight excluding hydrogens is 870 g/mol. The van der Waals surface area contributed by atoms with Gasteiger partial charge < -0.3 is 27.9 Å². The van der Waals surface area contributed by atoms with E-state index >= 15 is 0 Å². The Morgan fingerprint density at radius 2 is 0.794 bits per heavy atom. The number of phosphoric acid groups is 1. The van der Waals surface area contributed by atoms with Gasteiger partial charge in [-0.25, -0.2) is 0 Å². The number of hydrogen-bond donors (Lipinski definition) is 0. The lowest BCUT2D eigenvalue weighted by Gasteiger charge is -2.28. The summed E-state index contributed by atoms with van der Waals surface area (Å²) < 4.78 is 34.0. The minimum absolute atomic E-state index is 0.0450. The maximum absolute atomic E-state index is 12.8. The summed E-state index contributed by atoms with van der Waals surface area (Å²) in [5.41, 5.74) is 0. The van der Waals surface area contributed by atoms with Gasteiger partial charge in [0.25, 0.3) is 7.82 Å². The molecule has 10 heteroatoms. The van der Waals surface area contributed by atoms with Crippen LogP contribution in [0.4, 0.5) is 0 Å². The molecule has 0 saturated carbocycles. The molecule has 68 heavy (non-hydrogen) atoms. The average Bonchev–Trinajstić information content (AvgIpc) is 3.30. The number of allylic oxidation sites excluding steroid dienone is 20. The molecular formula is C58H96NO8P. The van der Waals surface area contributed by atoms with Gasteiger partial charge in [0, 0.05) is 12.8 Å². The number of rotatable bonds is 46. The number of hydrogen-bond acceptors (Lipinski definition) is 8. The van der Waals surface area contributed by atoms with E-state index in [0.29, 0.717) is 23.9 Å². The second-order valence-electron chi connectivity index (χ2n) is 18.1. The molecule has 0 amide bonds. The maximum Gasteiger partial charge on any atom is 0.306 e. The fraction of sp³-hybridized carbons (Fsp3) is 0.621. The molecule has 9 nitrogen and oxygen atoms in total. The summed E-state index contributed by atoms with van der Waals surface area (Å²) in [4.78, 5) is 37.8. The lowest BCUT2D eigenvalue weighted by Crippen LogP contribution is -2.37. The van der Waals surface area contributed by atoms with Crippen LogP contribution >= 0.6 is 7.82 Å². The second kappa shape index (κ2) is 48.4. The third-order valence-corrected chi connectivity index (χ3v) is 11.4. The third kappa shape index (κ3) is 51.8. The molecule has 0 N–H and O–H groups in total. The van der Waals surface area contributed by atoms with Gasteiger partial charge >= 0.3 is 11.9 Å². The summed E-state index contributed by atoms with van der Waals surface area (Å²) >= 11 is 0. The summed E-state index contributed by atoms with van der Waals surface area (Å²) in [5, 5.41) is 0. The molecule has 0 aliphatic heterocycles. The standard InChI is InChI=1S/C58H96NO8P/c1-6-8-10-12-14-16-18-20-22-24-26-27-28-29-30-31-33-35-37-39-41-43-45-47-49-51-58(61)67-56(55-66-68(62,63)65-53-52-59(3,4)5)54-64-57(60)50-48-46-44-42-40-38-36-34-32-25-23-21-19-17-15-13-11-9-7-2/h8-11,14-17,20-23,26-27,29-30,32,34,38,40,56H,6-7,12-13,18-19,24-25,28,31,33,35-37,39,41-55H2,1-5H3/b10-8-,11-9-,16-14-,17-15-,22-20-,23-21-,27-26-,30-29-,34-32-,40-38-. The molecule has 0 aromatic rings. The molecule has 0 aromatic heterocycles. The molecule has 0 saturated heterocycles. The Kier molecular flexibility index (Phi) is 45.9. The van der Waals surface area contributed by atoms with E-state index in [-0.39, 0.29) is 26.1 Å². The topological polar surface area (TPSA) is 111 Å². The summed E-state index contributed by atoms with van der Waals surface area (Å²) in [6.07, 6.45) is 68.0. The van der Waals surface area contributed by atoms with Crippen LogP contribution in [0.25, 0.3) is 0 Å². The van der Waals surface area contributed by atoms with Crippen LogP contribution in [-0.2, 0) is 32.7 Å². The van der Waals surface area contributed by atoms with Crippen molar-refractivity contribution in [2.45, 2.75) is 187 Å². The van der Waals surface area contributed by atoms with Crippen LogP contribution in [0.15, 0.2) is 122 Å². The Balaban J connectivity index is 4.33. The fourth-order valence-corrected chi connectivity index (χ4v) is 7.20. The maximum atomic E-state index is 12.8. The highest BCUT2D eigenvalue weighted by atomic mass is 31.2. The van der Waals surface area contributed by atoms with Crippen molar-refractivity contribution in [2.75, 3.05) is 47.5 Å². The molecule has 386 valence electrons. The number of nitrogens with zero attached hydrogens (tertiary/aromatic N) is 1. The summed E-state index contributed by atoms with van der Waals surface area (Å²) in [6, 6.07) is 0. The molecule has 0 spiro atoms. The van der Waals surface area contributed by atoms with Crippen molar-refractivity contribution in [3.05, 3.63) is 122 Å². The van der Waals surface area contributed by atoms with E-state index in [1.54, 1.807) is 0 Å². The molecule has 0 fully saturated rings. The van der Waals surface area contributed by atoms with E-state index < -0.39 is 32.5 Å². The normalized spacial score (nSPS) is 14.4. The third-order valence-electron chi connectivity index (χ3n) is 10.5. The quantitative estimate of drug-likeness (QED) is 0.0195. The van der Waals surface area contributed by atoms with Gasteiger partial charge in [0.15, 0.2) is 6.10 Å². The molecule has 0 aromatic carbocycles. The number of ether oxygens (including phenoxy) is 2. The highest BCUT2D eigenvalue weighted by molar-refractivity contribution is 7.45. The second-order valence-corrected chi connectivity index (χ2v) is 19.5. The van der Waals surface area contributed by atoms with Crippen molar-refractivity contribution in [1.29, 1.82) is 0 Å². The van der Waals surface area contributed by atoms with E-state index in [0.717, 1.165) is 109 Å². The average molecular weight is 966 g/mol. The van der Waals surface area contributed by atoms with E-state index in [4.69, 9.17) is 18.5 Å². The first-order valence-corrected chi connectivity index (χ1v) is 27.7. The summed E-state index contributed by atoms with van der Waals surface area (Å²) in [5.74, 6) is -0.889. The SMILES string of the molecule is CC/C=C\C/C=C\C/C=C\C/C=C\C/C=C\CCCCCCCCCCCC(=O)OC(COC(=O)CCCCC/C=C\C/C=C\C/C=C\C/C=C\C/C=C\CC)COP(=O)([O-])OCC[N+](C)(C)C. The number of esters is 2. The molecule has 0 aliphatic carbocycles. The zero-order valence-electron chi connectivity index (χ0n) is 43.5. The van der Waals surface area contributed by atoms with Crippen molar-refractivity contribution < 1.29 is 42.1 Å². The Bertz CT molecular complexity index is 1560. The Labute approximate surface area is 416 Å². The van der Waals surface area contributed by atoms with Crippen molar-refractivity contribution in [3.8, 4) is 0 Å². The smallest absolute Gasteiger partial charge is 0.306 e. The van der Waals surface area contributed by atoms with Crippen LogP contribution in [0.2, 0.25) is 0 Å². The first kappa shape index (κ1) is 64.4. The number of carbonyl (C=O) groups excluding carboxylic acids is 2. The van der Waals surface area contributed by atoms with Crippen LogP contribution in [0.1, 0.15) is 181 Å². The fourth-order valence-electron chi connectivity index (χ4n) is 6.47. The number of likely N-dealkylation sites (N-methyl/N-ethyl adjacent to an activating group) is 1. The van der Waals surface area contributed by atoms with Gasteiger partial charge in [-0.1, -0.05) is 187 Å². The van der Waals surface area contributed by atoms with Crippen LogP contribution < -0.4 is 4.89 Å². The van der Waals surface area contributed by atoms with Crippen molar-refractivity contribution in [2.24, 2.45) is 0 Å². The van der Waals surface area contributed by atoms with E-state index in [9.17, 15) is 19.0 Å². The number of phosphoric ester groups is 1. The summed E-state index contributed by atoms with van der Waals surface area (Å²) in [6.45, 7) is 3.94. The lowest BCUT2D eigenvalue weighted by atomic mass is 10.1. The van der Waals surface area contributed by atoms with E-state index in [1.165, 1.54) is 32.1 Å². The minimum Gasteiger partial charge on any atom is -0.756 e. The van der Waals surface area contributed by atoms with Gasteiger partial charge in [-0.3, -0.25) is 14.2 Å². The van der Waals surface area contributed by atoms with E-state index in [2.05, 4.69) is 135 Å². The first-order chi connectivity index (χ1) is 33.0. The van der Waals surface area contributed by atoms with Crippen molar-refractivity contribution >= 4 is 19.8 Å². The predicted molar refractivity (Wildman–Crippen MR) is 286 cm³/mol. The zero-order chi connectivity index (χ0) is 49.9. The monoisotopic (exact) mass is 966 g/mol. The van der Waals surface area contributed by atoms with Gasteiger partial charge in [0.05, 0.1) is 27.7 Å². The molecule has 0 bridgehead atoms. The Morgan fingerprint density at radius 3 is 1.19 bits per heavy atom. The molecule has 2 atom stereocenters. The van der Waals surface area contributed by atoms with Crippen LogP contribution in [0, 0.1) is 0 Å². The largest absolute Gasteiger partial charge is 0.756 e. The van der Waals surface area contributed by atoms with Crippen molar-refractivity contribution in [1.82, 2.24) is 0 Å². The Morgan fingerprint density at radius 1 is 0.456 bits per heavy atom. The number of quaternary nitrogens is 1.